The van der Waals surface area contributed by atoms with Crippen LogP contribution in [0.3, 0.4) is 0 Å². The van der Waals surface area contributed by atoms with Crippen molar-refractivity contribution in [2.45, 2.75) is 83.7 Å². The van der Waals surface area contributed by atoms with Gasteiger partial charge in [-0.05, 0) is 93.5 Å². The molecule has 4 heteroatoms. The van der Waals surface area contributed by atoms with Gasteiger partial charge < -0.3 is 4.90 Å². The fourth-order valence-corrected chi connectivity index (χ4v) is 8.04. The van der Waals surface area contributed by atoms with Gasteiger partial charge in [0.05, 0.1) is 6.04 Å². The highest BCUT2D eigenvalue weighted by molar-refractivity contribution is 5.09. The number of hydrogen-bond acceptors (Lipinski definition) is 3. The smallest absolute Gasteiger partial charge is 0.228 e. The van der Waals surface area contributed by atoms with E-state index in [0.717, 1.165) is 30.6 Å². The molecule has 0 aliphatic heterocycles. The van der Waals surface area contributed by atoms with Crippen LogP contribution in [-0.2, 0) is 0 Å². The summed E-state index contributed by atoms with van der Waals surface area (Å²) in [7, 11) is 4.06. The van der Waals surface area contributed by atoms with E-state index in [4.69, 9.17) is 0 Å². The Hall–Kier alpha value is -0.640. The molecule has 3 unspecified atom stereocenters. The van der Waals surface area contributed by atoms with Crippen LogP contribution in [0.15, 0.2) is 0 Å². The molecule has 4 aliphatic rings. The Balaban J connectivity index is 1.63. The molecule has 0 saturated heterocycles. The molecular formula is C21H36N2O2. The molecule has 4 saturated carbocycles. The van der Waals surface area contributed by atoms with Crippen molar-refractivity contribution >= 4 is 0 Å². The van der Waals surface area contributed by atoms with Crippen LogP contribution >= 0.6 is 0 Å². The van der Waals surface area contributed by atoms with E-state index >= 15 is 0 Å². The summed E-state index contributed by atoms with van der Waals surface area (Å²) in [5.41, 5.74) is 0.769. The average Bonchev–Trinajstić information content (AvgIpc) is 2.94. The summed E-state index contributed by atoms with van der Waals surface area (Å²) in [6.45, 7) is 4.98. The normalized spacial score (nSPS) is 52.4. The lowest BCUT2D eigenvalue weighted by Gasteiger charge is -2.61. The van der Waals surface area contributed by atoms with Crippen LogP contribution in [0.5, 0.6) is 0 Å². The molecule has 0 aromatic carbocycles. The molecule has 25 heavy (non-hydrogen) atoms. The van der Waals surface area contributed by atoms with Gasteiger partial charge in [0, 0.05) is 11.3 Å². The van der Waals surface area contributed by atoms with Crippen molar-refractivity contribution < 1.29 is 4.92 Å². The van der Waals surface area contributed by atoms with Crippen LogP contribution in [0.4, 0.5) is 0 Å². The van der Waals surface area contributed by atoms with E-state index in [2.05, 4.69) is 18.7 Å². The quantitative estimate of drug-likeness (QED) is 0.541. The third-order valence-corrected chi connectivity index (χ3v) is 9.40. The lowest BCUT2D eigenvalue weighted by atomic mass is 9.44. The average molecular weight is 349 g/mol. The summed E-state index contributed by atoms with van der Waals surface area (Å²) in [6, 6.07) is -0.267. The molecule has 0 bridgehead atoms. The van der Waals surface area contributed by atoms with Gasteiger partial charge >= 0.3 is 0 Å². The monoisotopic (exact) mass is 348 g/mol. The van der Waals surface area contributed by atoms with Gasteiger partial charge in [0.15, 0.2) is 0 Å². The maximum atomic E-state index is 11.9. The largest absolute Gasteiger partial charge is 0.300 e. The van der Waals surface area contributed by atoms with Gasteiger partial charge in [-0.15, -0.1) is 0 Å². The second-order valence-electron chi connectivity index (χ2n) is 10.6. The zero-order valence-electron chi connectivity index (χ0n) is 16.5. The van der Waals surface area contributed by atoms with Gasteiger partial charge in [0.1, 0.15) is 0 Å². The molecule has 0 radical (unpaired) electrons. The maximum absolute atomic E-state index is 11.9. The summed E-state index contributed by atoms with van der Waals surface area (Å²) >= 11 is 0. The lowest BCUT2D eigenvalue weighted by molar-refractivity contribution is -0.539. The molecule has 0 N–H and O–H groups in total. The SMILES string of the molecule is CN(C)C1CC2CC[C@@H]3[C@@H](CC[C@]4(C)CCC[C@@H]34)[C@@]2(C)CC1[N+](=O)[O-]. The molecule has 8 atom stereocenters. The van der Waals surface area contributed by atoms with E-state index in [1.165, 1.54) is 44.9 Å². The minimum atomic E-state index is -0.383. The van der Waals surface area contributed by atoms with E-state index < -0.39 is 0 Å². The van der Waals surface area contributed by atoms with E-state index in [-0.39, 0.29) is 22.4 Å². The topological polar surface area (TPSA) is 46.4 Å². The molecule has 0 aromatic heterocycles. The molecule has 4 rings (SSSR count). The Morgan fingerprint density at radius 3 is 2.48 bits per heavy atom. The van der Waals surface area contributed by atoms with Crippen LogP contribution in [0.1, 0.15) is 71.6 Å². The third kappa shape index (κ3) is 2.57. The number of rotatable bonds is 2. The second-order valence-corrected chi connectivity index (χ2v) is 10.6. The molecular weight excluding hydrogens is 312 g/mol. The van der Waals surface area contributed by atoms with Crippen LogP contribution in [0, 0.1) is 44.6 Å². The first-order chi connectivity index (χ1) is 11.8. The number of likely N-dealkylation sites (N-methyl/N-ethyl adjacent to an activating group) is 1. The molecule has 4 aliphatic carbocycles. The van der Waals surface area contributed by atoms with Gasteiger partial charge in [0.25, 0.3) is 0 Å². The zero-order valence-corrected chi connectivity index (χ0v) is 16.5. The number of nitrogens with zero attached hydrogens (tertiary/aromatic N) is 2. The second kappa shape index (κ2) is 5.94. The Bertz CT molecular complexity index is 550. The third-order valence-electron chi connectivity index (χ3n) is 9.40. The van der Waals surface area contributed by atoms with Crippen LogP contribution in [0.25, 0.3) is 0 Å². The molecule has 0 aromatic rings. The van der Waals surface area contributed by atoms with Crippen molar-refractivity contribution in [1.82, 2.24) is 4.90 Å². The van der Waals surface area contributed by atoms with Crippen molar-refractivity contribution in [1.29, 1.82) is 0 Å². The summed E-state index contributed by atoms with van der Waals surface area (Å²) in [6.07, 6.45) is 11.4. The minimum absolute atomic E-state index is 0.0399. The van der Waals surface area contributed by atoms with Gasteiger partial charge in [0.2, 0.25) is 6.04 Å². The van der Waals surface area contributed by atoms with Gasteiger partial charge in [-0.25, -0.2) is 0 Å². The fraction of sp³-hybridized carbons (Fsp3) is 1.00. The standard InChI is InChI=1S/C21H36N2O2/c1-20-10-5-6-16(20)15-8-7-14-12-18(22(3)4)19(23(24)25)13-21(14,2)17(15)9-11-20/h14-19H,5-13H2,1-4H3/t14?,15-,16-,17+,18?,19?,20-,21-/m0/s1. The first-order valence-corrected chi connectivity index (χ1v) is 10.6. The van der Waals surface area contributed by atoms with E-state index in [9.17, 15) is 10.1 Å². The first kappa shape index (κ1) is 17.8. The van der Waals surface area contributed by atoms with Crippen LogP contribution in [0.2, 0.25) is 0 Å². The van der Waals surface area contributed by atoms with Gasteiger partial charge in [-0.2, -0.15) is 0 Å². The Kier molecular flexibility index (Phi) is 4.22. The maximum Gasteiger partial charge on any atom is 0.228 e. The van der Waals surface area contributed by atoms with Crippen molar-refractivity contribution in [2.75, 3.05) is 14.1 Å². The molecule has 0 amide bonds. The molecule has 4 fully saturated rings. The Labute approximate surface area is 152 Å². The number of hydrogen-bond donors (Lipinski definition) is 0. The summed E-state index contributed by atoms with van der Waals surface area (Å²) in [4.78, 5) is 14.0. The van der Waals surface area contributed by atoms with Gasteiger partial charge in [-0.1, -0.05) is 20.3 Å². The molecule has 4 nitrogen and oxygen atoms in total. The molecule has 142 valence electrons. The first-order valence-electron chi connectivity index (χ1n) is 10.6. The highest BCUT2D eigenvalue weighted by Crippen LogP contribution is 2.66. The van der Waals surface area contributed by atoms with Crippen molar-refractivity contribution in [2.24, 2.45) is 34.5 Å². The highest BCUT2D eigenvalue weighted by atomic mass is 16.6. The zero-order chi connectivity index (χ0) is 18.0. The fourth-order valence-electron chi connectivity index (χ4n) is 8.04. The van der Waals surface area contributed by atoms with Crippen LogP contribution < -0.4 is 0 Å². The van der Waals surface area contributed by atoms with Gasteiger partial charge in [-0.3, -0.25) is 10.1 Å². The molecule has 0 spiro atoms. The Morgan fingerprint density at radius 2 is 1.80 bits per heavy atom. The Morgan fingerprint density at radius 1 is 1.04 bits per heavy atom. The van der Waals surface area contributed by atoms with Crippen LogP contribution in [-0.4, -0.2) is 36.0 Å². The predicted octanol–water partition coefficient (Wildman–Crippen LogP) is 4.60. The summed E-state index contributed by atoms with van der Waals surface area (Å²) < 4.78 is 0. The lowest BCUT2D eigenvalue weighted by Crippen LogP contribution is -2.59. The van der Waals surface area contributed by atoms with Crippen molar-refractivity contribution in [3.05, 3.63) is 10.1 Å². The summed E-state index contributed by atoms with van der Waals surface area (Å²) in [5, 5.41) is 11.9. The van der Waals surface area contributed by atoms with Crippen molar-refractivity contribution in [3.63, 3.8) is 0 Å². The summed E-state index contributed by atoms with van der Waals surface area (Å²) in [5.74, 6) is 3.14. The predicted molar refractivity (Wildman–Crippen MR) is 100.0 cm³/mol. The number of nitro groups is 1. The molecule has 0 heterocycles. The van der Waals surface area contributed by atoms with Crippen molar-refractivity contribution in [3.8, 4) is 0 Å². The van der Waals surface area contributed by atoms with E-state index in [0.29, 0.717) is 11.3 Å². The van der Waals surface area contributed by atoms with E-state index in [1.807, 2.05) is 14.1 Å². The highest BCUT2D eigenvalue weighted by Gasteiger charge is 2.61. The van der Waals surface area contributed by atoms with E-state index in [1.54, 1.807) is 0 Å². The number of fused-ring (bicyclic) bond motifs is 5. The minimum Gasteiger partial charge on any atom is -0.300 e.